The third-order valence-corrected chi connectivity index (χ3v) is 2.99. The van der Waals surface area contributed by atoms with E-state index in [2.05, 4.69) is 7.90 Å². The number of carbonyl (C=O) groups excluding carboxylic acids is 1. The molecule has 3 nitrogen and oxygen atoms in total. The van der Waals surface area contributed by atoms with Crippen LogP contribution >= 0.6 is 34.4 Å². The van der Waals surface area contributed by atoms with E-state index in [9.17, 15) is 4.79 Å². The Morgan fingerprint density at radius 2 is 2.23 bits per heavy atom. The van der Waals surface area contributed by atoms with Crippen LogP contribution in [0.4, 0.5) is 0 Å². The van der Waals surface area contributed by atoms with Crippen molar-refractivity contribution in [2.24, 2.45) is 0 Å². The zero-order valence-electron chi connectivity index (χ0n) is 6.45. The van der Waals surface area contributed by atoms with Crippen LogP contribution < -0.4 is 3.53 Å². The second-order valence-electron chi connectivity index (χ2n) is 2.45. The molecule has 0 saturated heterocycles. The van der Waals surface area contributed by atoms with Gasteiger partial charge in [0.25, 0.3) is 5.91 Å². The summed E-state index contributed by atoms with van der Waals surface area (Å²) in [5.74, 6) is -0.141. The summed E-state index contributed by atoms with van der Waals surface area (Å²) < 4.78 is 7.66. The average Bonchev–Trinajstić information content (AvgIpc) is 2.60. The summed E-state index contributed by atoms with van der Waals surface area (Å²) in [7, 11) is 0. The fourth-order valence-corrected chi connectivity index (χ4v) is 2.12. The molecule has 5 heteroatoms. The van der Waals surface area contributed by atoms with E-state index >= 15 is 0 Å². The van der Waals surface area contributed by atoms with Crippen LogP contribution in [0.2, 0.25) is 0 Å². The van der Waals surface area contributed by atoms with Gasteiger partial charge in [0, 0.05) is 5.39 Å². The topological polar surface area (TPSA) is 42.0 Å². The van der Waals surface area contributed by atoms with Crippen molar-refractivity contribution >= 4 is 50.4 Å². The molecule has 0 radical (unpaired) electrons. The zero-order chi connectivity index (χ0) is 9.26. The molecule has 0 fully saturated rings. The normalized spacial score (nSPS) is 10.2. The van der Waals surface area contributed by atoms with Gasteiger partial charge in [0.15, 0.2) is 5.69 Å². The Labute approximate surface area is 92.8 Å². The number of aromatic nitrogens is 1. The number of rotatable bonds is 1. The van der Waals surface area contributed by atoms with Crippen LogP contribution in [0.1, 0.15) is 10.5 Å². The first kappa shape index (κ1) is 8.89. The van der Waals surface area contributed by atoms with Crippen LogP contribution in [-0.4, -0.2) is 10.3 Å². The largest absolute Gasteiger partial charge is 0.293 e. The number of amides is 1. The summed E-state index contributed by atoms with van der Waals surface area (Å²) in [6.07, 6.45) is 0. The van der Waals surface area contributed by atoms with Crippen molar-refractivity contribution in [3.63, 3.8) is 0 Å². The summed E-state index contributed by atoms with van der Waals surface area (Å²) in [6.45, 7) is 0. The number of halogens is 1. The van der Waals surface area contributed by atoms with E-state index in [0.717, 1.165) is 10.1 Å². The molecule has 1 aromatic carbocycles. The van der Waals surface area contributed by atoms with Gasteiger partial charge in [0.2, 0.25) is 0 Å². The van der Waals surface area contributed by atoms with E-state index in [1.165, 1.54) is 11.5 Å². The average molecular weight is 304 g/mol. The SMILES string of the molecule is O=C(NI)c1nsc2ccccc12. The van der Waals surface area contributed by atoms with Gasteiger partial charge < -0.3 is 0 Å². The maximum atomic E-state index is 11.3. The Morgan fingerprint density at radius 3 is 3.00 bits per heavy atom. The molecule has 2 aromatic rings. The maximum absolute atomic E-state index is 11.3. The van der Waals surface area contributed by atoms with E-state index in [1.807, 2.05) is 47.1 Å². The molecule has 0 unspecified atom stereocenters. The standard InChI is InChI=1S/C8H5IN2OS/c9-10-8(12)7-5-3-1-2-4-6(5)13-11-7/h1-4H,(H,10,12). The minimum atomic E-state index is -0.141. The zero-order valence-corrected chi connectivity index (χ0v) is 9.43. The number of hydrogen-bond acceptors (Lipinski definition) is 3. The van der Waals surface area contributed by atoms with Gasteiger partial charge >= 0.3 is 0 Å². The molecule has 1 N–H and O–H groups in total. The van der Waals surface area contributed by atoms with Crippen molar-refractivity contribution in [3.8, 4) is 0 Å². The van der Waals surface area contributed by atoms with Crippen LogP contribution in [0.3, 0.4) is 0 Å². The predicted molar refractivity (Wildman–Crippen MR) is 61.1 cm³/mol. The van der Waals surface area contributed by atoms with Crippen LogP contribution in [0, 0.1) is 0 Å². The highest BCUT2D eigenvalue weighted by atomic mass is 127. The molecular formula is C8H5IN2OS. The minimum Gasteiger partial charge on any atom is -0.293 e. The molecule has 13 heavy (non-hydrogen) atoms. The number of benzene rings is 1. The third-order valence-electron chi connectivity index (χ3n) is 1.68. The second kappa shape index (κ2) is 3.59. The second-order valence-corrected chi connectivity index (χ2v) is 3.80. The number of nitrogens with one attached hydrogen (secondary N) is 1. The number of hydrogen-bond donors (Lipinski definition) is 1. The minimum absolute atomic E-state index is 0.141. The van der Waals surface area contributed by atoms with E-state index in [4.69, 9.17) is 0 Å². The fraction of sp³-hybridized carbons (Fsp3) is 0. The molecule has 0 bridgehead atoms. The summed E-state index contributed by atoms with van der Waals surface area (Å²) in [5, 5.41) is 0.918. The van der Waals surface area contributed by atoms with E-state index in [1.54, 1.807) is 0 Å². The first-order valence-electron chi connectivity index (χ1n) is 3.58. The van der Waals surface area contributed by atoms with Crippen LogP contribution in [-0.2, 0) is 0 Å². The van der Waals surface area contributed by atoms with Gasteiger partial charge in [-0.3, -0.25) is 8.32 Å². The van der Waals surface area contributed by atoms with Crippen molar-refractivity contribution in [3.05, 3.63) is 30.0 Å². The smallest absolute Gasteiger partial charge is 0.280 e. The van der Waals surface area contributed by atoms with Crippen molar-refractivity contribution in [2.45, 2.75) is 0 Å². The van der Waals surface area contributed by atoms with E-state index in [-0.39, 0.29) is 5.91 Å². The predicted octanol–water partition coefficient (Wildman–Crippen LogP) is 2.38. The van der Waals surface area contributed by atoms with E-state index in [0.29, 0.717) is 5.69 Å². The Bertz CT molecular complexity index is 454. The monoisotopic (exact) mass is 304 g/mol. The number of nitrogens with zero attached hydrogens (tertiary/aromatic N) is 1. The highest BCUT2D eigenvalue weighted by Gasteiger charge is 2.11. The molecule has 0 aliphatic carbocycles. The summed E-state index contributed by atoms with van der Waals surface area (Å²) in [5.41, 5.74) is 0.509. The van der Waals surface area contributed by atoms with Gasteiger partial charge in [0.05, 0.1) is 27.6 Å². The summed E-state index contributed by atoms with van der Waals surface area (Å²) in [6, 6.07) is 7.70. The molecule has 66 valence electrons. The molecule has 1 aromatic heterocycles. The van der Waals surface area contributed by atoms with Gasteiger partial charge in [0.1, 0.15) is 0 Å². The maximum Gasteiger partial charge on any atom is 0.280 e. The Hall–Kier alpha value is -0.690. The van der Waals surface area contributed by atoms with Crippen LogP contribution in [0.5, 0.6) is 0 Å². The van der Waals surface area contributed by atoms with Gasteiger partial charge in [-0.1, -0.05) is 18.2 Å². The lowest BCUT2D eigenvalue weighted by Gasteiger charge is -1.92. The van der Waals surface area contributed by atoms with Crippen LogP contribution in [0.25, 0.3) is 10.1 Å². The van der Waals surface area contributed by atoms with Gasteiger partial charge in [-0.15, -0.1) is 0 Å². The van der Waals surface area contributed by atoms with Gasteiger partial charge in [-0.05, 0) is 17.6 Å². The summed E-state index contributed by atoms with van der Waals surface area (Å²) >= 11 is 3.16. The van der Waals surface area contributed by atoms with Crippen molar-refractivity contribution in [2.75, 3.05) is 0 Å². The quantitative estimate of drug-likeness (QED) is 0.649. The Kier molecular flexibility index (Phi) is 2.45. The lowest BCUT2D eigenvalue weighted by molar-refractivity contribution is 0.0987. The first-order valence-corrected chi connectivity index (χ1v) is 5.43. The molecule has 0 aliphatic heterocycles. The third kappa shape index (κ3) is 1.53. The highest BCUT2D eigenvalue weighted by Crippen LogP contribution is 2.21. The van der Waals surface area contributed by atoms with Gasteiger partial charge in [-0.25, -0.2) is 0 Å². The summed E-state index contributed by atoms with van der Waals surface area (Å²) in [4.78, 5) is 11.3. The number of fused-ring (bicyclic) bond motifs is 1. The molecule has 0 atom stereocenters. The molecule has 0 spiro atoms. The van der Waals surface area contributed by atoms with E-state index < -0.39 is 0 Å². The highest BCUT2D eigenvalue weighted by molar-refractivity contribution is 14.1. The van der Waals surface area contributed by atoms with Crippen LogP contribution in [0.15, 0.2) is 24.3 Å². The lowest BCUT2D eigenvalue weighted by Crippen LogP contribution is -2.11. The number of carbonyl (C=O) groups is 1. The molecule has 0 saturated carbocycles. The first-order chi connectivity index (χ1) is 6.33. The molecule has 0 aliphatic rings. The van der Waals surface area contributed by atoms with Gasteiger partial charge in [-0.2, -0.15) is 4.37 Å². The fourth-order valence-electron chi connectivity index (χ4n) is 1.09. The Morgan fingerprint density at radius 1 is 1.46 bits per heavy atom. The molecule has 2 rings (SSSR count). The van der Waals surface area contributed by atoms with Crippen molar-refractivity contribution in [1.29, 1.82) is 0 Å². The van der Waals surface area contributed by atoms with Crippen molar-refractivity contribution in [1.82, 2.24) is 7.90 Å². The lowest BCUT2D eigenvalue weighted by atomic mass is 10.2. The Balaban J connectivity index is 2.64. The molecule has 1 heterocycles. The molecule has 1 amide bonds. The van der Waals surface area contributed by atoms with Crippen molar-refractivity contribution < 1.29 is 4.79 Å². The molecular weight excluding hydrogens is 299 g/mol.